The Balaban J connectivity index is 2.33. The summed E-state index contributed by atoms with van der Waals surface area (Å²) < 4.78 is 0. The van der Waals surface area contributed by atoms with Crippen molar-refractivity contribution >= 4 is 5.71 Å². The molecule has 2 aliphatic rings. The molecule has 0 amide bonds. The fraction of sp³-hybridized carbons (Fsp3) is 0.727. The molecule has 1 N–H and O–H groups in total. The second-order valence-electron chi connectivity index (χ2n) is 4.52. The lowest BCUT2D eigenvalue weighted by Gasteiger charge is -2.53. The molecule has 0 aromatic rings. The van der Waals surface area contributed by atoms with E-state index in [1.807, 2.05) is 0 Å². The highest BCUT2D eigenvalue weighted by atomic mass is 16.4. The molecule has 0 bridgehead atoms. The number of hydrogen-bond acceptors (Lipinski definition) is 2. The summed E-state index contributed by atoms with van der Waals surface area (Å²) in [7, 11) is 0. The molecular weight excluding hydrogens is 162 g/mol. The number of allylic oxidation sites excluding steroid dienone is 2. The molecule has 0 saturated heterocycles. The number of rotatable bonds is 1. The predicted octanol–water partition coefficient (Wildman–Crippen LogP) is 2.83. The van der Waals surface area contributed by atoms with Gasteiger partial charge in [-0.15, -0.1) is 0 Å². The Hall–Kier alpha value is -0.790. The van der Waals surface area contributed by atoms with Crippen LogP contribution in [0, 0.1) is 17.3 Å². The van der Waals surface area contributed by atoms with Gasteiger partial charge in [-0.05, 0) is 31.1 Å². The van der Waals surface area contributed by atoms with E-state index in [1.165, 1.54) is 0 Å². The number of fused-ring (bicyclic) bond motifs is 1. The van der Waals surface area contributed by atoms with Crippen molar-refractivity contribution in [3.8, 4) is 0 Å². The van der Waals surface area contributed by atoms with Crippen molar-refractivity contribution in [2.24, 2.45) is 22.4 Å². The zero-order valence-electron chi connectivity index (χ0n) is 8.33. The van der Waals surface area contributed by atoms with Gasteiger partial charge in [0.25, 0.3) is 0 Å². The summed E-state index contributed by atoms with van der Waals surface area (Å²) >= 11 is 0. The molecule has 2 nitrogen and oxygen atoms in total. The van der Waals surface area contributed by atoms with E-state index < -0.39 is 0 Å². The minimum Gasteiger partial charge on any atom is -0.411 e. The minimum atomic E-state index is 0.198. The zero-order valence-corrected chi connectivity index (χ0v) is 8.33. The first-order valence-corrected chi connectivity index (χ1v) is 5.10. The van der Waals surface area contributed by atoms with Gasteiger partial charge in [-0.25, -0.2) is 0 Å². The Morgan fingerprint density at radius 2 is 2.38 bits per heavy atom. The summed E-state index contributed by atoms with van der Waals surface area (Å²) in [5.74, 6) is 1.22. The highest BCUT2D eigenvalue weighted by Gasteiger charge is 2.54. The smallest absolute Gasteiger partial charge is 0.0647 e. The highest BCUT2D eigenvalue weighted by Crippen LogP contribution is 2.55. The Kier molecular flexibility index (Phi) is 1.94. The topological polar surface area (TPSA) is 32.6 Å². The van der Waals surface area contributed by atoms with E-state index >= 15 is 0 Å². The first-order valence-electron chi connectivity index (χ1n) is 5.10. The normalized spacial score (nSPS) is 40.5. The van der Waals surface area contributed by atoms with E-state index in [2.05, 4.69) is 31.2 Å². The summed E-state index contributed by atoms with van der Waals surface area (Å²) in [5, 5.41) is 12.4. The molecule has 2 atom stereocenters. The van der Waals surface area contributed by atoms with Crippen LogP contribution in [0.1, 0.15) is 33.1 Å². The van der Waals surface area contributed by atoms with Gasteiger partial charge in [0.15, 0.2) is 0 Å². The third kappa shape index (κ3) is 0.976. The summed E-state index contributed by atoms with van der Waals surface area (Å²) in [6, 6.07) is 0. The van der Waals surface area contributed by atoms with Crippen LogP contribution in [0.3, 0.4) is 0 Å². The molecule has 0 spiro atoms. The summed E-state index contributed by atoms with van der Waals surface area (Å²) in [4.78, 5) is 0. The van der Waals surface area contributed by atoms with Gasteiger partial charge in [0.1, 0.15) is 0 Å². The van der Waals surface area contributed by atoms with Crippen molar-refractivity contribution < 1.29 is 5.21 Å². The number of oxime groups is 1. The monoisotopic (exact) mass is 179 g/mol. The van der Waals surface area contributed by atoms with Gasteiger partial charge >= 0.3 is 0 Å². The Morgan fingerprint density at radius 3 is 2.92 bits per heavy atom. The lowest BCUT2D eigenvalue weighted by atomic mass is 9.50. The van der Waals surface area contributed by atoms with Gasteiger partial charge in [-0.2, -0.15) is 0 Å². The molecule has 2 rings (SSSR count). The van der Waals surface area contributed by atoms with Crippen LogP contribution in [-0.2, 0) is 0 Å². The molecule has 13 heavy (non-hydrogen) atoms. The minimum absolute atomic E-state index is 0.198. The quantitative estimate of drug-likeness (QED) is 0.375. The van der Waals surface area contributed by atoms with E-state index in [0.717, 1.165) is 25.0 Å². The standard InChI is InChI=1S/C11H17NO/c1-8(2)11-6-4-3-5-9(11)7-10(11)12-13/h3,5,8-9,13H,4,6-7H2,1-2H3. The highest BCUT2D eigenvalue weighted by molar-refractivity contribution is 5.97. The van der Waals surface area contributed by atoms with Gasteiger partial charge < -0.3 is 5.21 Å². The maximum atomic E-state index is 8.90. The molecule has 1 fully saturated rings. The van der Waals surface area contributed by atoms with Gasteiger partial charge in [0, 0.05) is 5.41 Å². The average Bonchev–Trinajstić information content (AvgIpc) is 2.07. The third-order valence-electron chi connectivity index (χ3n) is 3.86. The van der Waals surface area contributed by atoms with Crippen LogP contribution >= 0.6 is 0 Å². The van der Waals surface area contributed by atoms with E-state index in [9.17, 15) is 0 Å². The molecule has 0 aromatic heterocycles. The first-order chi connectivity index (χ1) is 6.21. The van der Waals surface area contributed by atoms with Crippen molar-refractivity contribution in [3.63, 3.8) is 0 Å². The van der Waals surface area contributed by atoms with Crippen LogP contribution in [0.4, 0.5) is 0 Å². The van der Waals surface area contributed by atoms with E-state index in [4.69, 9.17) is 5.21 Å². The fourth-order valence-corrected chi connectivity index (χ4v) is 3.00. The molecule has 2 aliphatic carbocycles. The maximum absolute atomic E-state index is 8.90. The van der Waals surface area contributed by atoms with Crippen LogP contribution in [-0.4, -0.2) is 10.9 Å². The average molecular weight is 179 g/mol. The molecule has 0 aromatic carbocycles. The molecule has 1 saturated carbocycles. The van der Waals surface area contributed by atoms with Crippen molar-refractivity contribution in [1.82, 2.24) is 0 Å². The molecule has 0 radical (unpaired) electrons. The molecule has 0 aliphatic heterocycles. The van der Waals surface area contributed by atoms with Crippen LogP contribution in [0.2, 0.25) is 0 Å². The SMILES string of the molecule is CC(C)C12CCC=CC1CC2=NO. The molecular formula is C11H17NO. The second-order valence-corrected chi connectivity index (χ2v) is 4.52. The van der Waals surface area contributed by atoms with E-state index in [0.29, 0.717) is 11.8 Å². The largest absolute Gasteiger partial charge is 0.411 e. The summed E-state index contributed by atoms with van der Waals surface area (Å²) in [5.41, 5.74) is 1.22. The Labute approximate surface area is 79.3 Å². The Bertz CT molecular complexity index is 267. The van der Waals surface area contributed by atoms with Gasteiger partial charge in [-0.3, -0.25) is 0 Å². The number of nitrogens with zero attached hydrogens (tertiary/aromatic N) is 1. The second kappa shape index (κ2) is 2.86. The number of hydrogen-bond donors (Lipinski definition) is 1. The van der Waals surface area contributed by atoms with Crippen LogP contribution < -0.4 is 0 Å². The van der Waals surface area contributed by atoms with Crippen LogP contribution in [0.5, 0.6) is 0 Å². The molecule has 2 unspecified atom stereocenters. The zero-order chi connectivity index (χ0) is 9.47. The van der Waals surface area contributed by atoms with Crippen molar-refractivity contribution in [1.29, 1.82) is 0 Å². The lowest BCUT2D eigenvalue weighted by molar-refractivity contribution is 0.131. The predicted molar refractivity (Wildman–Crippen MR) is 53.0 cm³/mol. The van der Waals surface area contributed by atoms with E-state index in [-0.39, 0.29) is 5.41 Å². The molecule has 72 valence electrons. The fourth-order valence-electron chi connectivity index (χ4n) is 3.00. The maximum Gasteiger partial charge on any atom is 0.0647 e. The Morgan fingerprint density at radius 1 is 1.62 bits per heavy atom. The van der Waals surface area contributed by atoms with Gasteiger partial charge in [0.05, 0.1) is 5.71 Å². The van der Waals surface area contributed by atoms with Crippen molar-refractivity contribution in [2.45, 2.75) is 33.1 Å². The molecule has 2 heteroatoms. The summed E-state index contributed by atoms with van der Waals surface area (Å²) in [6.45, 7) is 4.47. The van der Waals surface area contributed by atoms with Crippen LogP contribution in [0.15, 0.2) is 17.3 Å². The molecule has 0 heterocycles. The lowest BCUT2D eigenvalue weighted by Crippen LogP contribution is -2.53. The first kappa shape index (κ1) is 8.79. The van der Waals surface area contributed by atoms with Crippen molar-refractivity contribution in [3.05, 3.63) is 12.2 Å². The van der Waals surface area contributed by atoms with Gasteiger partial charge in [0.2, 0.25) is 0 Å². The van der Waals surface area contributed by atoms with Gasteiger partial charge in [-0.1, -0.05) is 31.2 Å². The third-order valence-corrected chi connectivity index (χ3v) is 3.86. The van der Waals surface area contributed by atoms with Crippen molar-refractivity contribution in [2.75, 3.05) is 0 Å². The summed E-state index contributed by atoms with van der Waals surface area (Å²) in [6.07, 6.45) is 7.82. The van der Waals surface area contributed by atoms with E-state index in [1.54, 1.807) is 0 Å². The van der Waals surface area contributed by atoms with Crippen LogP contribution in [0.25, 0.3) is 0 Å².